The van der Waals surface area contributed by atoms with Crippen molar-refractivity contribution in [2.24, 2.45) is 17.3 Å². The average molecular weight is 423 g/mol. The van der Waals surface area contributed by atoms with E-state index in [1.54, 1.807) is 41.5 Å². The molecule has 170 valence electrons. The van der Waals surface area contributed by atoms with E-state index in [0.29, 0.717) is 13.2 Å². The SMILES string of the molecule is CC(COCc1ccccc1)C(O)C(C)C(=O)C(C)(C)C(O)CC(=O)OC(C)(C)C. The molecule has 0 radical (unpaired) electrons. The van der Waals surface area contributed by atoms with Crippen LogP contribution in [0.5, 0.6) is 0 Å². The van der Waals surface area contributed by atoms with Crippen LogP contribution in [0.4, 0.5) is 0 Å². The number of ketones is 1. The molecule has 0 aromatic heterocycles. The molecule has 1 aromatic carbocycles. The Balaban J connectivity index is 2.62. The number of aliphatic hydroxyl groups is 2. The molecule has 4 unspecified atom stereocenters. The highest BCUT2D eigenvalue weighted by molar-refractivity contribution is 5.87. The molecular weight excluding hydrogens is 384 g/mol. The zero-order valence-corrected chi connectivity index (χ0v) is 19.3. The summed E-state index contributed by atoms with van der Waals surface area (Å²) >= 11 is 0. The molecule has 0 heterocycles. The molecule has 30 heavy (non-hydrogen) atoms. The Morgan fingerprint density at radius 1 is 1.00 bits per heavy atom. The Kier molecular flexibility index (Phi) is 9.66. The number of aliphatic hydroxyl groups excluding tert-OH is 2. The smallest absolute Gasteiger partial charge is 0.308 e. The Labute approximate surface area is 180 Å². The van der Waals surface area contributed by atoms with Gasteiger partial charge in [-0.2, -0.15) is 0 Å². The molecule has 0 amide bonds. The topological polar surface area (TPSA) is 93.1 Å². The van der Waals surface area contributed by atoms with Crippen molar-refractivity contribution in [1.29, 1.82) is 0 Å². The van der Waals surface area contributed by atoms with Crippen LogP contribution in [0.3, 0.4) is 0 Å². The summed E-state index contributed by atoms with van der Waals surface area (Å²) in [5, 5.41) is 21.2. The Bertz CT molecular complexity index is 677. The number of Topliss-reactive ketones (excluding diaryl/α,β-unsaturated/α-hetero) is 1. The van der Waals surface area contributed by atoms with Crippen molar-refractivity contribution in [3.63, 3.8) is 0 Å². The minimum absolute atomic E-state index is 0.272. The number of rotatable bonds is 11. The van der Waals surface area contributed by atoms with E-state index in [0.717, 1.165) is 5.56 Å². The van der Waals surface area contributed by atoms with E-state index in [1.165, 1.54) is 0 Å². The maximum absolute atomic E-state index is 13.0. The van der Waals surface area contributed by atoms with Crippen molar-refractivity contribution >= 4 is 11.8 Å². The Morgan fingerprint density at radius 2 is 1.57 bits per heavy atom. The average Bonchev–Trinajstić information content (AvgIpc) is 2.65. The zero-order chi connectivity index (χ0) is 23.1. The highest BCUT2D eigenvalue weighted by Gasteiger charge is 2.42. The van der Waals surface area contributed by atoms with E-state index in [4.69, 9.17) is 9.47 Å². The van der Waals surface area contributed by atoms with Gasteiger partial charge < -0.3 is 19.7 Å². The molecule has 0 saturated heterocycles. The quantitative estimate of drug-likeness (QED) is 0.530. The third kappa shape index (κ3) is 8.17. The number of ether oxygens (including phenoxy) is 2. The van der Waals surface area contributed by atoms with Gasteiger partial charge in [0.05, 0.1) is 37.3 Å². The van der Waals surface area contributed by atoms with Gasteiger partial charge in [-0.05, 0) is 26.3 Å². The number of carbonyl (C=O) groups excluding carboxylic acids is 2. The molecule has 1 aromatic rings. The van der Waals surface area contributed by atoms with Crippen LogP contribution in [-0.4, -0.2) is 46.4 Å². The van der Waals surface area contributed by atoms with Crippen LogP contribution < -0.4 is 0 Å². The van der Waals surface area contributed by atoms with Gasteiger partial charge in [0.15, 0.2) is 0 Å². The second kappa shape index (κ2) is 11.0. The van der Waals surface area contributed by atoms with Crippen LogP contribution in [0, 0.1) is 17.3 Å². The van der Waals surface area contributed by atoms with Gasteiger partial charge in [-0.15, -0.1) is 0 Å². The molecule has 0 bridgehead atoms. The van der Waals surface area contributed by atoms with Gasteiger partial charge in [0.25, 0.3) is 0 Å². The number of hydrogen-bond acceptors (Lipinski definition) is 6. The second-order valence-electron chi connectivity index (χ2n) is 9.65. The molecule has 4 atom stereocenters. The number of esters is 1. The molecular formula is C24H38O6. The van der Waals surface area contributed by atoms with E-state index < -0.39 is 35.1 Å². The van der Waals surface area contributed by atoms with Crippen molar-refractivity contribution in [1.82, 2.24) is 0 Å². The molecule has 6 heteroatoms. The van der Waals surface area contributed by atoms with Gasteiger partial charge in [-0.1, -0.05) is 58.0 Å². The largest absolute Gasteiger partial charge is 0.460 e. The summed E-state index contributed by atoms with van der Waals surface area (Å²) in [6.07, 6.45) is -2.42. The van der Waals surface area contributed by atoms with E-state index in [1.807, 2.05) is 37.3 Å². The van der Waals surface area contributed by atoms with E-state index in [-0.39, 0.29) is 18.1 Å². The van der Waals surface area contributed by atoms with Gasteiger partial charge in [0, 0.05) is 11.8 Å². The molecule has 6 nitrogen and oxygen atoms in total. The van der Waals surface area contributed by atoms with Crippen LogP contribution >= 0.6 is 0 Å². The van der Waals surface area contributed by atoms with Crippen LogP contribution in [0.1, 0.15) is 60.5 Å². The summed E-state index contributed by atoms with van der Waals surface area (Å²) in [6.45, 7) is 12.6. The lowest BCUT2D eigenvalue weighted by Crippen LogP contribution is -2.46. The van der Waals surface area contributed by atoms with E-state index in [2.05, 4.69) is 0 Å². The van der Waals surface area contributed by atoms with Crippen molar-refractivity contribution in [3.05, 3.63) is 35.9 Å². The second-order valence-corrected chi connectivity index (χ2v) is 9.65. The molecule has 0 spiro atoms. The third-order valence-corrected chi connectivity index (χ3v) is 5.25. The predicted molar refractivity (Wildman–Crippen MR) is 116 cm³/mol. The first-order chi connectivity index (χ1) is 13.8. The highest BCUT2D eigenvalue weighted by Crippen LogP contribution is 2.31. The predicted octanol–water partition coefficient (Wildman–Crippen LogP) is 3.52. The van der Waals surface area contributed by atoms with E-state index >= 15 is 0 Å². The fourth-order valence-electron chi connectivity index (χ4n) is 3.23. The van der Waals surface area contributed by atoms with Crippen LogP contribution in [-0.2, 0) is 25.7 Å². The van der Waals surface area contributed by atoms with Crippen LogP contribution in [0.25, 0.3) is 0 Å². The fraction of sp³-hybridized carbons (Fsp3) is 0.667. The monoisotopic (exact) mass is 422 g/mol. The first-order valence-electron chi connectivity index (χ1n) is 10.5. The summed E-state index contributed by atoms with van der Waals surface area (Å²) in [5.41, 5.74) is -0.833. The summed E-state index contributed by atoms with van der Waals surface area (Å²) in [5.74, 6) is -1.86. The zero-order valence-electron chi connectivity index (χ0n) is 19.3. The normalized spacial score (nSPS) is 16.4. The first-order valence-corrected chi connectivity index (χ1v) is 10.5. The highest BCUT2D eigenvalue weighted by atomic mass is 16.6. The molecule has 0 aliphatic heterocycles. The maximum atomic E-state index is 13.0. The van der Waals surface area contributed by atoms with Crippen LogP contribution in [0.2, 0.25) is 0 Å². The number of benzene rings is 1. The van der Waals surface area contributed by atoms with Crippen molar-refractivity contribution in [3.8, 4) is 0 Å². The Hall–Kier alpha value is -1.76. The van der Waals surface area contributed by atoms with Gasteiger partial charge >= 0.3 is 5.97 Å². The summed E-state index contributed by atoms with van der Waals surface area (Å²) < 4.78 is 10.9. The van der Waals surface area contributed by atoms with Gasteiger partial charge in [0.2, 0.25) is 0 Å². The first kappa shape index (κ1) is 26.3. The lowest BCUT2D eigenvalue weighted by molar-refractivity contribution is -0.160. The molecule has 0 fully saturated rings. The standard InChI is InChI=1S/C24H38O6/c1-16(14-29-15-18-11-9-8-10-12-18)21(27)17(2)22(28)24(6,7)19(25)13-20(26)30-23(3,4)5/h8-12,16-17,19,21,25,27H,13-15H2,1-7H3. The molecule has 0 aliphatic rings. The lowest BCUT2D eigenvalue weighted by atomic mass is 9.73. The lowest BCUT2D eigenvalue weighted by Gasteiger charge is -2.34. The minimum atomic E-state index is -1.21. The summed E-state index contributed by atoms with van der Waals surface area (Å²) in [4.78, 5) is 25.0. The molecule has 1 rings (SSSR count). The molecule has 0 aliphatic carbocycles. The fourth-order valence-corrected chi connectivity index (χ4v) is 3.23. The van der Waals surface area contributed by atoms with Crippen molar-refractivity contribution < 1.29 is 29.3 Å². The number of carbonyl (C=O) groups is 2. The van der Waals surface area contributed by atoms with Crippen molar-refractivity contribution in [2.75, 3.05) is 6.61 Å². The maximum Gasteiger partial charge on any atom is 0.308 e. The van der Waals surface area contributed by atoms with Gasteiger partial charge in [0.1, 0.15) is 11.4 Å². The Morgan fingerprint density at radius 3 is 2.10 bits per heavy atom. The van der Waals surface area contributed by atoms with Crippen LogP contribution in [0.15, 0.2) is 30.3 Å². The van der Waals surface area contributed by atoms with Crippen molar-refractivity contribution in [2.45, 2.75) is 79.3 Å². The summed E-state index contributed by atoms with van der Waals surface area (Å²) in [6, 6.07) is 9.72. The molecule has 2 N–H and O–H groups in total. The molecule has 0 saturated carbocycles. The summed E-state index contributed by atoms with van der Waals surface area (Å²) in [7, 11) is 0. The van der Waals surface area contributed by atoms with Gasteiger partial charge in [-0.3, -0.25) is 9.59 Å². The minimum Gasteiger partial charge on any atom is -0.460 e. The van der Waals surface area contributed by atoms with Gasteiger partial charge in [-0.25, -0.2) is 0 Å². The third-order valence-electron chi connectivity index (χ3n) is 5.25. The van der Waals surface area contributed by atoms with E-state index in [9.17, 15) is 19.8 Å². The number of hydrogen-bond donors (Lipinski definition) is 2.